The maximum atomic E-state index is 14.2. The van der Waals surface area contributed by atoms with Crippen LogP contribution >= 0.6 is 0 Å². The monoisotopic (exact) mass is 598 g/mol. The number of nitrogens with one attached hydrogen (secondary N) is 1. The number of benzene rings is 3. The van der Waals surface area contributed by atoms with E-state index in [1.807, 2.05) is 50.2 Å². The van der Waals surface area contributed by atoms with Gasteiger partial charge in [-0.3, -0.25) is 9.59 Å². The van der Waals surface area contributed by atoms with Gasteiger partial charge < -0.3 is 15.0 Å². The van der Waals surface area contributed by atoms with Gasteiger partial charge in [0.2, 0.25) is 11.8 Å². The summed E-state index contributed by atoms with van der Waals surface area (Å²) in [6.45, 7) is 3.23. The number of carbonyl (C=O) groups is 2. The Kier molecular flexibility index (Phi) is 11.5. The second-order valence-corrected chi connectivity index (χ2v) is 12.2. The molecule has 0 bridgehead atoms. The Morgan fingerprint density at radius 2 is 1.60 bits per heavy atom. The molecule has 2 amide bonds. The molecule has 0 saturated carbocycles. The SMILES string of the molecule is CCC(C)NC(=O)C(Cc1ccccc1)N(Cc1cccc(OC)c1)C(=O)CN(c1ccc(F)cc1)S(=O)(=O)N(C)C. The number of nitrogens with zero attached hydrogens (tertiary/aromatic N) is 3. The van der Waals surface area contributed by atoms with E-state index < -0.39 is 34.5 Å². The quantitative estimate of drug-likeness (QED) is 0.303. The summed E-state index contributed by atoms with van der Waals surface area (Å²) in [6.07, 6.45) is 0.892. The number of hydrogen-bond donors (Lipinski definition) is 1. The molecule has 9 nitrogen and oxygen atoms in total. The molecular weight excluding hydrogens is 559 g/mol. The van der Waals surface area contributed by atoms with E-state index in [2.05, 4.69) is 5.32 Å². The molecule has 0 spiro atoms. The first kappa shape index (κ1) is 32.6. The van der Waals surface area contributed by atoms with Gasteiger partial charge in [-0.15, -0.1) is 0 Å². The van der Waals surface area contributed by atoms with Crippen LogP contribution in [0.4, 0.5) is 10.1 Å². The molecule has 0 aliphatic rings. The minimum absolute atomic E-state index is 0.0146. The van der Waals surface area contributed by atoms with Gasteiger partial charge in [0.1, 0.15) is 24.2 Å². The van der Waals surface area contributed by atoms with Crippen LogP contribution in [0.2, 0.25) is 0 Å². The molecule has 1 N–H and O–H groups in total. The predicted octanol–water partition coefficient (Wildman–Crippen LogP) is 4.00. The molecule has 0 aromatic heterocycles. The normalized spacial score (nSPS) is 12.8. The van der Waals surface area contributed by atoms with Gasteiger partial charge in [-0.25, -0.2) is 8.70 Å². The molecule has 2 unspecified atom stereocenters. The first-order chi connectivity index (χ1) is 20.0. The lowest BCUT2D eigenvalue weighted by molar-refractivity contribution is -0.140. The third-order valence-corrected chi connectivity index (χ3v) is 8.71. The number of anilines is 1. The highest BCUT2D eigenvalue weighted by atomic mass is 32.2. The van der Waals surface area contributed by atoms with E-state index in [1.165, 1.54) is 38.2 Å². The Bertz CT molecular complexity index is 1440. The highest BCUT2D eigenvalue weighted by Crippen LogP contribution is 2.23. The molecule has 3 rings (SSSR count). The van der Waals surface area contributed by atoms with Crippen molar-refractivity contribution >= 4 is 27.7 Å². The van der Waals surface area contributed by atoms with Crippen molar-refractivity contribution in [2.75, 3.05) is 32.1 Å². The summed E-state index contributed by atoms with van der Waals surface area (Å²) in [7, 11) is 0.0643. The fraction of sp³-hybridized carbons (Fsp3) is 0.355. The van der Waals surface area contributed by atoms with Crippen LogP contribution < -0.4 is 14.4 Å². The molecule has 0 aliphatic carbocycles. The lowest BCUT2D eigenvalue weighted by Crippen LogP contribution is -2.55. The number of rotatable bonds is 14. The number of amides is 2. The smallest absolute Gasteiger partial charge is 0.304 e. The largest absolute Gasteiger partial charge is 0.497 e. The third kappa shape index (κ3) is 8.53. The van der Waals surface area contributed by atoms with Gasteiger partial charge in [0.25, 0.3) is 0 Å². The number of carbonyl (C=O) groups excluding carboxylic acids is 2. The van der Waals surface area contributed by atoms with Gasteiger partial charge in [-0.2, -0.15) is 12.7 Å². The van der Waals surface area contributed by atoms with Gasteiger partial charge in [0.05, 0.1) is 12.8 Å². The number of halogens is 1. The molecule has 0 aliphatic heterocycles. The van der Waals surface area contributed by atoms with Gasteiger partial charge in [-0.1, -0.05) is 49.4 Å². The van der Waals surface area contributed by atoms with Gasteiger partial charge in [0.15, 0.2) is 0 Å². The van der Waals surface area contributed by atoms with E-state index in [0.29, 0.717) is 17.7 Å². The van der Waals surface area contributed by atoms with Crippen LogP contribution in [0.1, 0.15) is 31.4 Å². The summed E-state index contributed by atoms with van der Waals surface area (Å²) >= 11 is 0. The third-order valence-electron chi connectivity index (χ3n) is 6.89. The predicted molar refractivity (Wildman–Crippen MR) is 162 cm³/mol. The first-order valence-corrected chi connectivity index (χ1v) is 15.1. The van der Waals surface area contributed by atoms with Crippen molar-refractivity contribution < 1.29 is 27.1 Å². The average Bonchev–Trinajstić information content (AvgIpc) is 2.98. The summed E-state index contributed by atoms with van der Waals surface area (Å²) in [4.78, 5) is 29.4. The zero-order chi connectivity index (χ0) is 30.9. The Labute approximate surface area is 248 Å². The van der Waals surface area contributed by atoms with Crippen molar-refractivity contribution in [3.63, 3.8) is 0 Å². The van der Waals surface area contributed by atoms with Crippen LogP contribution in [-0.2, 0) is 32.8 Å². The summed E-state index contributed by atoms with van der Waals surface area (Å²) in [5, 5.41) is 2.99. The summed E-state index contributed by atoms with van der Waals surface area (Å²) in [5.41, 5.74) is 1.64. The number of hydrogen-bond acceptors (Lipinski definition) is 5. The molecular formula is C31H39FN4O5S. The molecule has 0 fully saturated rings. The molecule has 11 heteroatoms. The first-order valence-electron chi connectivity index (χ1n) is 13.7. The van der Waals surface area contributed by atoms with Gasteiger partial charge in [0, 0.05) is 33.1 Å². The van der Waals surface area contributed by atoms with E-state index in [-0.39, 0.29) is 30.6 Å². The van der Waals surface area contributed by atoms with Crippen LogP contribution in [0, 0.1) is 5.82 Å². The van der Waals surface area contributed by atoms with Crippen LogP contribution in [0.5, 0.6) is 5.75 Å². The average molecular weight is 599 g/mol. The second kappa shape index (κ2) is 14.8. The standard InChI is InChI=1S/C31H39FN4O5S/c1-6-23(2)33-31(38)29(20-24-11-8-7-9-12-24)35(21-25-13-10-14-28(19-25)41-5)30(37)22-36(42(39,40)34(3)4)27-17-15-26(32)16-18-27/h7-19,23,29H,6,20-22H2,1-5H3,(H,33,38). The Morgan fingerprint density at radius 3 is 2.19 bits per heavy atom. The van der Waals surface area contributed by atoms with E-state index >= 15 is 0 Å². The maximum absolute atomic E-state index is 14.2. The number of ether oxygens (including phenoxy) is 1. The molecule has 0 radical (unpaired) electrons. The van der Waals surface area contributed by atoms with Crippen molar-refractivity contribution in [3.8, 4) is 5.75 Å². The summed E-state index contributed by atoms with van der Waals surface area (Å²) in [5.74, 6) is -0.927. The summed E-state index contributed by atoms with van der Waals surface area (Å²) in [6, 6.07) is 20.2. The van der Waals surface area contributed by atoms with Crippen molar-refractivity contribution in [1.82, 2.24) is 14.5 Å². The molecule has 3 aromatic rings. The highest BCUT2D eigenvalue weighted by Gasteiger charge is 2.35. The zero-order valence-electron chi connectivity index (χ0n) is 24.7. The molecule has 2 atom stereocenters. The van der Waals surface area contributed by atoms with Crippen molar-refractivity contribution in [3.05, 3.63) is 95.8 Å². The van der Waals surface area contributed by atoms with Crippen LogP contribution in [0.3, 0.4) is 0 Å². The molecule has 3 aromatic carbocycles. The highest BCUT2D eigenvalue weighted by molar-refractivity contribution is 7.90. The summed E-state index contributed by atoms with van der Waals surface area (Å²) < 4.78 is 47.8. The van der Waals surface area contributed by atoms with Crippen molar-refractivity contribution in [1.29, 1.82) is 0 Å². The van der Waals surface area contributed by atoms with Crippen molar-refractivity contribution in [2.24, 2.45) is 0 Å². The number of methoxy groups -OCH3 is 1. The fourth-order valence-corrected chi connectivity index (χ4v) is 5.34. The van der Waals surface area contributed by atoms with E-state index in [1.54, 1.807) is 18.2 Å². The Balaban J connectivity index is 2.11. The van der Waals surface area contributed by atoms with E-state index in [9.17, 15) is 22.4 Å². The van der Waals surface area contributed by atoms with Crippen LogP contribution in [0.15, 0.2) is 78.9 Å². The minimum Gasteiger partial charge on any atom is -0.497 e. The van der Waals surface area contributed by atoms with Crippen LogP contribution in [-0.4, -0.2) is 69.3 Å². The van der Waals surface area contributed by atoms with Gasteiger partial charge in [-0.05, 0) is 60.9 Å². The lowest BCUT2D eigenvalue weighted by atomic mass is 10.0. The molecule has 0 saturated heterocycles. The Morgan fingerprint density at radius 1 is 0.952 bits per heavy atom. The second-order valence-electron chi connectivity index (χ2n) is 10.2. The molecule has 0 heterocycles. The molecule has 42 heavy (non-hydrogen) atoms. The lowest BCUT2D eigenvalue weighted by Gasteiger charge is -2.35. The topological polar surface area (TPSA) is 99.3 Å². The Hall–Kier alpha value is -3.96. The van der Waals surface area contributed by atoms with E-state index in [4.69, 9.17) is 4.74 Å². The van der Waals surface area contributed by atoms with Crippen LogP contribution in [0.25, 0.3) is 0 Å². The fourth-order valence-electron chi connectivity index (χ4n) is 4.29. The molecule has 226 valence electrons. The zero-order valence-corrected chi connectivity index (χ0v) is 25.5. The van der Waals surface area contributed by atoms with Gasteiger partial charge >= 0.3 is 10.2 Å². The maximum Gasteiger partial charge on any atom is 0.304 e. The minimum atomic E-state index is -4.17. The van der Waals surface area contributed by atoms with Crippen molar-refractivity contribution in [2.45, 2.75) is 45.3 Å². The van der Waals surface area contributed by atoms with E-state index in [0.717, 1.165) is 26.3 Å².